The van der Waals surface area contributed by atoms with Crippen LogP contribution >= 0.6 is 0 Å². The minimum absolute atomic E-state index is 0.588. The molecule has 0 atom stereocenters. The maximum atomic E-state index is 4.57. The third-order valence-corrected chi connectivity index (χ3v) is 3.00. The van der Waals surface area contributed by atoms with E-state index in [-0.39, 0.29) is 0 Å². The van der Waals surface area contributed by atoms with Gasteiger partial charge in [0, 0.05) is 5.39 Å². The van der Waals surface area contributed by atoms with Crippen LogP contribution in [-0.4, -0.2) is 24.9 Å². The zero-order valence-corrected chi connectivity index (χ0v) is 9.91. The van der Waals surface area contributed by atoms with Gasteiger partial charge in [0.15, 0.2) is 11.5 Å². The third-order valence-electron chi connectivity index (χ3n) is 3.00. The van der Waals surface area contributed by atoms with Crippen molar-refractivity contribution in [3.63, 3.8) is 0 Å². The lowest BCUT2D eigenvalue weighted by Crippen LogP contribution is -1.92. The molecule has 0 spiro atoms. The second kappa shape index (κ2) is 3.84. The van der Waals surface area contributed by atoms with E-state index in [9.17, 15) is 0 Å². The molecule has 0 radical (unpaired) electrons. The van der Waals surface area contributed by atoms with E-state index >= 15 is 0 Å². The molecule has 0 aliphatic carbocycles. The van der Waals surface area contributed by atoms with Gasteiger partial charge in [0.2, 0.25) is 0 Å². The van der Waals surface area contributed by atoms with Gasteiger partial charge in [-0.25, -0.2) is 19.9 Å². The number of nitrogens with one attached hydrogen (secondary N) is 1. The molecule has 90 valence electrons. The van der Waals surface area contributed by atoms with Gasteiger partial charge in [0.25, 0.3) is 0 Å². The molecule has 0 saturated heterocycles. The van der Waals surface area contributed by atoms with E-state index in [0.29, 0.717) is 11.5 Å². The summed E-state index contributed by atoms with van der Waals surface area (Å²) in [6.45, 7) is 0. The van der Waals surface area contributed by atoms with Gasteiger partial charge in [-0.05, 0) is 12.1 Å². The van der Waals surface area contributed by atoms with E-state index in [1.807, 2.05) is 36.4 Å². The zero-order valence-electron chi connectivity index (χ0n) is 9.91. The molecule has 0 amide bonds. The summed E-state index contributed by atoms with van der Waals surface area (Å²) in [6.07, 6.45) is 3.33. The first kappa shape index (κ1) is 10.1. The van der Waals surface area contributed by atoms with Gasteiger partial charge in [-0.2, -0.15) is 0 Å². The monoisotopic (exact) mass is 247 g/mol. The van der Waals surface area contributed by atoms with Crippen LogP contribution in [0.15, 0.2) is 48.9 Å². The molecule has 0 aliphatic heterocycles. The molecule has 3 aromatic heterocycles. The largest absolute Gasteiger partial charge is 0.342 e. The van der Waals surface area contributed by atoms with E-state index < -0.39 is 0 Å². The van der Waals surface area contributed by atoms with Crippen molar-refractivity contribution in [1.82, 2.24) is 24.9 Å². The van der Waals surface area contributed by atoms with Gasteiger partial charge in [0.1, 0.15) is 11.2 Å². The van der Waals surface area contributed by atoms with Crippen molar-refractivity contribution in [2.45, 2.75) is 0 Å². The molecule has 19 heavy (non-hydrogen) atoms. The Morgan fingerprint density at radius 3 is 2.84 bits per heavy atom. The lowest BCUT2D eigenvalue weighted by molar-refractivity contribution is 1.18. The van der Waals surface area contributed by atoms with E-state index in [2.05, 4.69) is 24.9 Å². The van der Waals surface area contributed by atoms with Crippen molar-refractivity contribution in [3.8, 4) is 11.5 Å². The maximum Gasteiger partial charge on any atom is 0.181 e. The van der Waals surface area contributed by atoms with Crippen molar-refractivity contribution in [2.24, 2.45) is 0 Å². The standard InChI is InChI=1S/C14H9N5/c1-2-4-10-9(3-1)5-6-11(18-10)13-15-7-12-14(19-13)17-8-16-12/h1-8H,(H,15,16,17,19). The van der Waals surface area contributed by atoms with E-state index in [0.717, 1.165) is 22.1 Å². The van der Waals surface area contributed by atoms with Gasteiger partial charge < -0.3 is 4.98 Å². The minimum Gasteiger partial charge on any atom is -0.342 e. The number of fused-ring (bicyclic) bond motifs is 2. The molecule has 0 saturated carbocycles. The summed E-state index contributed by atoms with van der Waals surface area (Å²) >= 11 is 0. The first-order valence-electron chi connectivity index (χ1n) is 5.92. The highest BCUT2D eigenvalue weighted by molar-refractivity contribution is 5.81. The van der Waals surface area contributed by atoms with Gasteiger partial charge in [-0.1, -0.05) is 24.3 Å². The number of hydrogen-bond donors (Lipinski definition) is 1. The minimum atomic E-state index is 0.588. The number of H-pyrrole nitrogens is 1. The number of aromatic nitrogens is 5. The topological polar surface area (TPSA) is 67.3 Å². The Labute approximate surface area is 108 Å². The number of benzene rings is 1. The Hall–Kier alpha value is -2.82. The SMILES string of the molecule is c1ccc2nc(-c3ncc4[nH]cnc4n3)ccc2c1. The molecule has 5 heteroatoms. The van der Waals surface area contributed by atoms with E-state index in [1.165, 1.54) is 0 Å². The molecular formula is C14H9N5. The van der Waals surface area contributed by atoms with Crippen molar-refractivity contribution in [2.75, 3.05) is 0 Å². The number of pyridine rings is 1. The number of rotatable bonds is 1. The van der Waals surface area contributed by atoms with Crippen LogP contribution in [0.25, 0.3) is 33.6 Å². The summed E-state index contributed by atoms with van der Waals surface area (Å²) < 4.78 is 0. The van der Waals surface area contributed by atoms with Gasteiger partial charge in [0.05, 0.1) is 18.0 Å². The number of aromatic amines is 1. The number of nitrogens with zero attached hydrogens (tertiary/aromatic N) is 4. The highest BCUT2D eigenvalue weighted by Gasteiger charge is 2.06. The van der Waals surface area contributed by atoms with Crippen LogP contribution in [0.4, 0.5) is 0 Å². The average molecular weight is 247 g/mol. The van der Waals surface area contributed by atoms with Crippen molar-refractivity contribution in [1.29, 1.82) is 0 Å². The van der Waals surface area contributed by atoms with Crippen LogP contribution in [0.2, 0.25) is 0 Å². The highest BCUT2D eigenvalue weighted by atomic mass is 15.0. The van der Waals surface area contributed by atoms with Gasteiger partial charge in [-0.15, -0.1) is 0 Å². The number of imidazole rings is 1. The summed E-state index contributed by atoms with van der Waals surface area (Å²) in [5, 5.41) is 1.10. The smallest absolute Gasteiger partial charge is 0.181 e. The Balaban J connectivity index is 1.92. The van der Waals surface area contributed by atoms with Crippen molar-refractivity contribution < 1.29 is 0 Å². The first-order valence-corrected chi connectivity index (χ1v) is 5.92. The average Bonchev–Trinajstić information content (AvgIpc) is 2.94. The fourth-order valence-corrected chi connectivity index (χ4v) is 2.05. The second-order valence-corrected chi connectivity index (χ2v) is 4.22. The third kappa shape index (κ3) is 1.63. The maximum absolute atomic E-state index is 4.57. The fourth-order valence-electron chi connectivity index (χ4n) is 2.05. The summed E-state index contributed by atoms with van der Waals surface area (Å²) in [6, 6.07) is 11.9. The predicted octanol–water partition coefficient (Wildman–Crippen LogP) is 2.57. The normalized spacial score (nSPS) is 11.2. The van der Waals surface area contributed by atoms with E-state index in [1.54, 1.807) is 12.5 Å². The Kier molecular flexibility index (Phi) is 2.05. The molecule has 5 nitrogen and oxygen atoms in total. The lowest BCUT2D eigenvalue weighted by Gasteiger charge is -2.01. The van der Waals surface area contributed by atoms with Gasteiger partial charge >= 0.3 is 0 Å². The number of para-hydroxylation sites is 1. The van der Waals surface area contributed by atoms with Gasteiger partial charge in [-0.3, -0.25) is 0 Å². The highest BCUT2D eigenvalue weighted by Crippen LogP contribution is 2.18. The molecule has 4 aromatic rings. The fraction of sp³-hybridized carbons (Fsp3) is 0. The summed E-state index contributed by atoms with van der Waals surface area (Å²) in [7, 11) is 0. The summed E-state index contributed by atoms with van der Waals surface area (Å²) in [5.74, 6) is 0.588. The number of hydrogen-bond acceptors (Lipinski definition) is 4. The molecule has 4 rings (SSSR count). The molecule has 1 aromatic carbocycles. The molecule has 3 heterocycles. The Bertz CT molecular complexity index is 881. The molecular weight excluding hydrogens is 238 g/mol. The second-order valence-electron chi connectivity index (χ2n) is 4.22. The first-order chi connectivity index (χ1) is 9.40. The molecule has 0 unspecified atom stereocenters. The molecule has 0 fully saturated rings. The summed E-state index contributed by atoms with van der Waals surface area (Å²) in [5.41, 5.74) is 3.17. The Morgan fingerprint density at radius 2 is 1.84 bits per heavy atom. The predicted molar refractivity (Wildman–Crippen MR) is 72.4 cm³/mol. The van der Waals surface area contributed by atoms with E-state index in [4.69, 9.17) is 0 Å². The molecule has 0 aliphatic rings. The van der Waals surface area contributed by atoms with Crippen molar-refractivity contribution >= 4 is 22.1 Å². The zero-order chi connectivity index (χ0) is 12.7. The van der Waals surface area contributed by atoms with Crippen LogP contribution in [0.1, 0.15) is 0 Å². The van der Waals surface area contributed by atoms with Crippen LogP contribution in [0.3, 0.4) is 0 Å². The molecule has 1 N–H and O–H groups in total. The molecule has 0 bridgehead atoms. The lowest BCUT2D eigenvalue weighted by atomic mass is 10.2. The van der Waals surface area contributed by atoms with Crippen molar-refractivity contribution in [3.05, 3.63) is 48.9 Å². The van der Waals surface area contributed by atoms with Crippen LogP contribution in [0.5, 0.6) is 0 Å². The summed E-state index contributed by atoms with van der Waals surface area (Å²) in [4.78, 5) is 20.4. The quantitative estimate of drug-likeness (QED) is 0.561. The van der Waals surface area contributed by atoms with Crippen LogP contribution < -0.4 is 0 Å². The Morgan fingerprint density at radius 1 is 0.895 bits per heavy atom. The van der Waals surface area contributed by atoms with Crippen LogP contribution in [-0.2, 0) is 0 Å². The van der Waals surface area contributed by atoms with Crippen LogP contribution in [0, 0.1) is 0 Å².